The van der Waals surface area contributed by atoms with E-state index in [2.05, 4.69) is 4.98 Å². The van der Waals surface area contributed by atoms with Gasteiger partial charge in [0.2, 0.25) is 5.12 Å². The van der Waals surface area contributed by atoms with Crippen LogP contribution in [0.1, 0.15) is 20.9 Å². The van der Waals surface area contributed by atoms with E-state index in [-0.39, 0.29) is 4.47 Å². The summed E-state index contributed by atoms with van der Waals surface area (Å²) in [7, 11) is 0. The van der Waals surface area contributed by atoms with Gasteiger partial charge in [-0.1, -0.05) is 65.0 Å². The van der Waals surface area contributed by atoms with Crippen molar-refractivity contribution >= 4 is 39.8 Å². The second kappa shape index (κ2) is 6.15. The Morgan fingerprint density at radius 2 is 1.95 bits per heavy atom. The molecule has 20 heavy (non-hydrogen) atoms. The van der Waals surface area contributed by atoms with Crippen molar-refractivity contribution in [1.29, 1.82) is 0 Å². The van der Waals surface area contributed by atoms with Crippen LogP contribution in [0.25, 0.3) is 0 Å². The number of thiazole rings is 1. The lowest BCUT2D eigenvalue weighted by Gasteiger charge is -2.05. The largest absolute Gasteiger partial charge is 0.435 e. The summed E-state index contributed by atoms with van der Waals surface area (Å²) in [5.74, 6) is 0.298. The number of thioether (sulfide) groups is 1. The number of nitrogens with zero attached hydrogens (tertiary/aromatic N) is 1. The van der Waals surface area contributed by atoms with E-state index in [1.165, 1.54) is 0 Å². The third kappa shape index (κ3) is 3.74. The summed E-state index contributed by atoms with van der Waals surface area (Å²) in [6.07, 6.45) is -4.68. The highest BCUT2D eigenvalue weighted by atomic mass is 35.5. The van der Waals surface area contributed by atoms with Crippen molar-refractivity contribution in [3.05, 3.63) is 50.9 Å². The maximum Gasteiger partial charge on any atom is 0.435 e. The van der Waals surface area contributed by atoms with Crippen molar-refractivity contribution < 1.29 is 18.0 Å². The fraction of sp³-hybridized carbons (Fsp3) is 0.167. The maximum atomic E-state index is 12.7. The van der Waals surface area contributed by atoms with Gasteiger partial charge in [0.25, 0.3) is 0 Å². The summed E-state index contributed by atoms with van der Waals surface area (Å²) in [4.78, 5) is 14.6. The van der Waals surface area contributed by atoms with E-state index in [9.17, 15) is 18.0 Å². The number of carbonyl (C=O) groups excluding carboxylic acids is 1. The quantitative estimate of drug-likeness (QED) is 0.798. The average Bonchev–Trinajstić information content (AvgIpc) is 2.79. The Kier molecular flexibility index (Phi) is 4.72. The minimum absolute atomic E-state index is 0.291. The lowest BCUT2D eigenvalue weighted by molar-refractivity contribution is -0.141. The van der Waals surface area contributed by atoms with Gasteiger partial charge in [-0.2, -0.15) is 13.2 Å². The van der Waals surface area contributed by atoms with Gasteiger partial charge >= 0.3 is 6.18 Å². The predicted octanol–water partition coefficient (Wildman–Crippen LogP) is 4.89. The minimum Gasteiger partial charge on any atom is -0.281 e. The third-order valence-electron chi connectivity index (χ3n) is 2.27. The van der Waals surface area contributed by atoms with Crippen LogP contribution in [0.15, 0.2) is 30.3 Å². The van der Waals surface area contributed by atoms with Crippen LogP contribution in [0, 0.1) is 0 Å². The topological polar surface area (TPSA) is 30.0 Å². The van der Waals surface area contributed by atoms with Crippen LogP contribution in [0.5, 0.6) is 0 Å². The van der Waals surface area contributed by atoms with Crippen LogP contribution in [0.3, 0.4) is 0 Å². The summed E-state index contributed by atoms with van der Waals surface area (Å²) in [5.41, 5.74) is -0.354. The molecule has 2 nitrogen and oxygen atoms in total. The number of hydrogen-bond donors (Lipinski definition) is 0. The Labute approximate surface area is 126 Å². The van der Waals surface area contributed by atoms with Crippen molar-refractivity contribution in [3.8, 4) is 0 Å². The van der Waals surface area contributed by atoms with E-state index < -0.39 is 21.9 Å². The molecular weight excluding hydrogens is 331 g/mol. The van der Waals surface area contributed by atoms with Gasteiger partial charge in [-0.15, -0.1) is 0 Å². The molecule has 0 radical (unpaired) electrons. The second-order valence-corrected chi connectivity index (χ2v) is 6.23. The zero-order valence-electron chi connectivity index (χ0n) is 9.78. The number of carbonyl (C=O) groups is 1. The molecule has 1 aromatic carbocycles. The number of halogens is 4. The highest BCUT2D eigenvalue weighted by Gasteiger charge is 2.39. The molecule has 2 rings (SSSR count). The molecule has 0 atom stereocenters. The molecule has 0 fully saturated rings. The molecule has 8 heteroatoms. The summed E-state index contributed by atoms with van der Waals surface area (Å²) >= 11 is 6.83. The molecule has 0 bridgehead atoms. The van der Waals surface area contributed by atoms with E-state index in [1.54, 1.807) is 24.3 Å². The first kappa shape index (κ1) is 15.3. The van der Waals surface area contributed by atoms with Gasteiger partial charge in [-0.3, -0.25) is 4.79 Å². The average molecular weight is 338 g/mol. The molecule has 0 N–H and O–H groups in total. The highest BCUT2D eigenvalue weighted by molar-refractivity contribution is 8.13. The van der Waals surface area contributed by atoms with Gasteiger partial charge in [-0.05, 0) is 5.56 Å². The van der Waals surface area contributed by atoms with Crippen LogP contribution in [0.4, 0.5) is 13.2 Å². The monoisotopic (exact) mass is 337 g/mol. The molecule has 0 saturated carbocycles. The molecule has 0 aliphatic rings. The van der Waals surface area contributed by atoms with Gasteiger partial charge in [0, 0.05) is 5.75 Å². The first-order chi connectivity index (χ1) is 9.38. The van der Waals surface area contributed by atoms with E-state index in [0.717, 1.165) is 17.3 Å². The normalized spacial score (nSPS) is 11.6. The van der Waals surface area contributed by atoms with Crippen LogP contribution in [-0.4, -0.2) is 10.1 Å². The lowest BCUT2D eigenvalue weighted by atomic mass is 10.2. The van der Waals surface area contributed by atoms with Gasteiger partial charge in [-0.25, -0.2) is 4.98 Å². The predicted molar refractivity (Wildman–Crippen MR) is 74.2 cm³/mol. The van der Waals surface area contributed by atoms with Crippen LogP contribution in [-0.2, 0) is 11.9 Å². The van der Waals surface area contributed by atoms with Crippen LogP contribution < -0.4 is 0 Å². The van der Waals surface area contributed by atoms with E-state index >= 15 is 0 Å². The van der Waals surface area contributed by atoms with E-state index in [1.807, 2.05) is 6.07 Å². The maximum absolute atomic E-state index is 12.7. The Morgan fingerprint density at radius 3 is 2.55 bits per heavy atom. The molecule has 0 saturated heterocycles. The van der Waals surface area contributed by atoms with E-state index in [0.29, 0.717) is 17.1 Å². The zero-order chi connectivity index (χ0) is 14.8. The zero-order valence-corrected chi connectivity index (χ0v) is 12.2. The number of hydrogen-bond acceptors (Lipinski definition) is 4. The summed E-state index contributed by atoms with van der Waals surface area (Å²) in [6.45, 7) is 0. The fourth-order valence-corrected chi connectivity index (χ4v) is 3.40. The second-order valence-electron chi connectivity index (χ2n) is 3.70. The standard InChI is InChI=1S/C12H7ClF3NOS2/c13-11-17-9(12(14,15)16)8(20-11)10(18)19-6-7-4-2-1-3-5-7/h1-5H,6H2. The van der Waals surface area contributed by atoms with Crippen molar-refractivity contribution in [2.24, 2.45) is 0 Å². The van der Waals surface area contributed by atoms with Gasteiger partial charge in [0.05, 0.1) is 0 Å². The first-order valence-corrected chi connectivity index (χ1v) is 7.50. The van der Waals surface area contributed by atoms with Crippen LogP contribution in [0.2, 0.25) is 4.47 Å². The van der Waals surface area contributed by atoms with Crippen LogP contribution >= 0.6 is 34.7 Å². The molecule has 0 aliphatic heterocycles. The Morgan fingerprint density at radius 1 is 1.30 bits per heavy atom. The Balaban J connectivity index is 2.14. The van der Waals surface area contributed by atoms with Crippen molar-refractivity contribution in [2.75, 3.05) is 0 Å². The number of alkyl halides is 3. The summed E-state index contributed by atoms with van der Waals surface area (Å²) < 4.78 is 37.8. The number of benzene rings is 1. The van der Waals surface area contributed by atoms with Gasteiger partial charge in [0.1, 0.15) is 4.88 Å². The molecule has 1 aromatic heterocycles. The summed E-state index contributed by atoms with van der Waals surface area (Å²) in [6, 6.07) is 9.01. The van der Waals surface area contributed by atoms with E-state index in [4.69, 9.17) is 11.6 Å². The molecular formula is C12H7ClF3NOS2. The highest BCUT2D eigenvalue weighted by Crippen LogP contribution is 2.37. The SMILES string of the molecule is O=C(SCc1ccccc1)c1sc(Cl)nc1C(F)(F)F. The fourth-order valence-electron chi connectivity index (χ4n) is 1.41. The van der Waals surface area contributed by atoms with Gasteiger partial charge < -0.3 is 0 Å². The Hall–Kier alpha value is -1.05. The Bertz CT molecular complexity index is 613. The molecule has 0 aliphatic carbocycles. The molecule has 0 spiro atoms. The molecule has 1 heterocycles. The van der Waals surface area contributed by atoms with Gasteiger partial charge in [0.15, 0.2) is 10.2 Å². The smallest absolute Gasteiger partial charge is 0.281 e. The van der Waals surface area contributed by atoms with Crippen molar-refractivity contribution in [3.63, 3.8) is 0 Å². The molecule has 0 unspecified atom stereocenters. The van der Waals surface area contributed by atoms with Crippen molar-refractivity contribution in [1.82, 2.24) is 4.98 Å². The molecule has 106 valence electrons. The number of aromatic nitrogens is 1. The molecule has 2 aromatic rings. The third-order valence-corrected chi connectivity index (χ3v) is 4.50. The molecule has 0 amide bonds. The minimum atomic E-state index is -4.68. The summed E-state index contributed by atoms with van der Waals surface area (Å²) in [5, 5.41) is -0.675. The number of rotatable bonds is 3. The van der Waals surface area contributed by atoms with Crippen molar-refractivity contribution in [2.45, 2.75) is 11.9 Å². The first-order valence-electron chi connectivity index (χ1n) is 5.32. The lowest BCUT2D eigenvalue weighted by Crippen LogP contribution is -2.10.